The van der Waals surface area contributed by atoms with E-state index in [1.165, 1.54) is 6.07 Å². The molecule has 2 aromatic heterocycles. The van der Waals surface area contributed by atoms with E-state index in [1.54, 1.807) is 4.68 Å². The maximum absolute atomic E-state index is 11.6. The molecule has 0 fully saturated rings. The zero-order chi connectivity index (χ0) is 18.1. The number of hydrogen-bond acceptors (Lipinski definition) is 6. The number of fused-ring (bicyclic) bond motifs is 1. The first-order chi connectivity index (χ1) is 12.6. The van der Waals surface area contributed by atoms with Crippen molar-refractivity contribution in [1.82, 2.24) is 20.2 Å². The second-order valence-corrected chi connectivity index (χ2v) is 6.13. The Kier molecular flexibility index (Phi) is 3.96. The van der Waals surface area contributed by atoms with Crippen molar-refractivity contribution in [3.8, 4) is 5.69 Å². The molecule has 0 N–H and O–H groups in total. The Hall–Kier alpha value is -3.48. The molecule has 0 aliphatic carbocycles. The summed E-state index contributed by atoms with van der Waals surface area (Å²) in [5, 5.41) is 12.9. The SMILES string of the molecule is Cc1cc(=O)oc2cc(N(C)Cc3nnnn3-c3ccccc3)ccc12. The van der Waals surface area contributed by atoms with E-state index in [-0.39, 0.29) is 5.63 Å². The average Bonchev–Trinajstić information content (AvgIpc) is 3.10. The number of aryl methyl sites for hydroxylation is 1. The van der Waals surface area contributed by atoms with Gasteiger partial charge in [-0.15, -0.1) is 5.10 Å². The first-order valence-corrected chi connectivity index (χ1v) is 8.20. The molecular weight excluding hydrogens is 330 g/mol. The van der Waals surface area contributed by atoms with Crippen LogP contribution in [0.25, 0.3) is 16.7 Å². The molecule has 0 aliphatic rings. The quantitative estimate of drug-likeness (QED) is 0.528. The third-order valence-electron chi connectivity index (χ3n) is 4.29. The van der Waals surface area contributed by atoms with Crippen molar-refractivity contribution in [2.75, 3.05) is 11.9 Å². The van der Waals surface area contributed by atoms with Gasteiger partial charge in [0.25, 0.3) is 0 Å². The first kappa shape index (κ1) is 16.0. The summed E-state index contributed by atoms with van der Waals surface area (Å²) in [7, 11) is 1.94. The van der Waals surface area contributed by atoms with Gasteiger partial charge >= 0.3 is 5.63 Å². The maximum Gasteiger partial charge on any atom is 0.336 e. The molecule has 2 heterocycles. The van der Waals surface area contributed by atoms with E-state index in [0.29, 0.717) is 18.0 Å². The average molecular weight is 347 g/mol. The number of benzene rings is 2. The number of tetrazole rings is 1. The summed E-state index contributed by atoms with van der Waals surface area (Å²) in [6.07, 6.45) is 0. The van der Waals surface area contributed by atoms with Crippen molar-refractivity contribution >= 4 is 16.7 Å². The molecule has 7 nitrogen and oxygen atoms in total. The molecule has 0 atom stereocenters. The van der Waals surface area contributed by atoms with E-state index in [0.717, 1.165) is 22.3 Å². The number of aromatic nitrogens is 4. The highest BCUT2D eigenvalue weighted by Crippen LogP contribution is 2.23. The van der Waals surface area contributed by atoms with Crippen molar-refractivity contribution in [2.45, 2.75) is 13.5 Å². The summed E-state index contributed by atoms with van der Waals surface area (Å²) in [5.41, 5.74) is 2.94. The van der Waals surface area contributed by atoms with Crippen LogP contribution in [0.15, 0.2) is 63.8 Å². The molecule has 0 unspecified atom stereocenters. The van der Waals surface area contributed by atoms with Gasteiger partial charge in [0.2, 0.25) is 0 Å². The van der Waals surface area contributed by atoms with E-state index in [2.05, 4.69) is 15.5 Å². The summed E-state index contributed by atoms with van der Waals surface area (Å²) in [6, 6.07) is 17.0. The predicted molar refractivity (Wildman–Crippen MR) is 98.5 cm³/mol. The normalized spacial score (nSPS) is 11.0. The van der Waals surface area contributed by atoms with Crippen molar-refractivity contribution in [2.24, 2.45) is 0 Å². The van der Waals surface area contributed by atoms with Gasteiger partial charge in [0.05, 0.1) is 12.2 Å². The van der Waals surface area contributed by atoms with Crippen LogP contribution in [0.4, 0.5) is 5.69 Å². The Morgan fingerprint density at radius 2 is 1.92 bits per heavy atom. The van der Waals surface area contributed by atoms with Crippen molar-refractivity contribution < 1.29 is 4.42 Å². The molecule has 0 aliphatic heterocycles. The molecule has 130 valence electrons. The van der Waals surface area contributed by atoms with Gasteiger partial charge in [0, 0.05) is 30.3 Å². The highest BCUT2D eigenvalue weighted by molar-refractivity contribution is 5.83. The third kappa shape index (κ3) is 2.95. The van der Waals surface area contributed by atoms with Gasteiger partial charge in [-0.25, -0.2) is 4.79 Å². The fourth-order valence-electron chi connectivity index (χ4n) is 2.93. The van der Waals surface area contributed by atoms with Crippen LogP contribution in [0.5, 0.6) is 0 Å². The van der Waals surface area contributed by atoms with E-state index >= 15 is 0 Å². The van der Waals surface area contributed by atoms with Gasteiger partial charge < -0.3 is 9.32 Å². The van der Waals surface area contributed by atoms with Gasteiger partial charge in [0.1, 0.15) is 5.58 Å². The monoisotopic (exact) mass is 347 g/mol. The first-order valence-electron chi connectivity index (χ1n) is 8.20. The topological polar surface area (TPSA) is 77.1 Å². The van der Waals surface area contributed by atoms with Crippen LogP contribution < -0.4 is 10.5 Å². The summed E-state index contributed by atoms with van der Waals surface area (Å²) in [6.45, 7) is 2.40. The smallest absolute Gasteiger partial charge is 0.336 e. The van der Waals surface area contributed by atoms with Crippen molar-refractivity contribution in [3.05, 3.63) is 76.4 Å². The summed E-state index contributed by atoms with van der Waals surface area (Å²) in [4.78, 5) is 13.6. The lowest BCUT2D eigenvalue weighted by molar-refractivity contribution is 0.559. The fourth-order valence-corrected chi connectivity index (χ4v) is 2.93. The van der Waals surface area contributed by atoms with Crippen LogP contribution in [0.3, 0.4) is 0 Å². The minimum atomic E-state index is -0.345. The Bertz CT molecular complexity index is 1120. The molecule has 0 amide bonds. The number of anilines is 1. The second-order valence-electron chi connectivity index (χ2n) is 6.13. The molecule has 26 heavy (non-hydrogen) atoms. The maximum atomic E-state index is 11.6. The summed E-state index contributed by atoms with van der Waals surface area (Å²) >= 11 is 0. The van der Waals surface area contributed by atoms with E-state index in [4.69, 9.17) is 4.42 Å². The number of hydrogen-bond donors (Lipinski definition) is 0. The van der Waals surface area contributed by atoms with Gasteiger partial charge in [-0.2, -0.15) is 4.68 Å². The Morgan fingerprint density at radius 3 is 2.73 bits per heavy atom. The standard InChI is InChI=1S/C19H17N5O2/c1-13-10-19(25)26-17-11-15(8-9-16(13)17)23(2)12-18-20-21-22-24(18)14-6-4-3-5-7-14/h3-11H,12H2,1-2H3. The number of nitrogens with zero attached hydrogens (tertiary/aromatic N) is 5. The minimum Gasteiger partial charge on any atom is -0.423 e. The Labute approximate surface area is 149 Å². The van der Waals surface area contributed by atoms with Gasteiger partial charge in [-0.05, 0) is 47.2 Å². The molecule has 4 aromatic rings. The molecule has 0 saturated heterocycles. The Balaban J connectivity index is 1.65. The van der Waals surface area contributed by atoms with Gasteiger partial charge in [0.15, 0.2) is 5.82 Å². The van der Waals surface area contributed by atoms with Crippen LogP contribution in [0.2, 0.25) is 0 Å². The van der Waals surface area contributed by atoms with E-state index in [1.807, 2.05) is 67.4 Å². The molecule has 0 spiro atoms. The van der Waals surface area contributed by atoms with Crippen LogP contribution >= 0.6 is 0 Å². The molecule has 7 heteroatoms. The highest BCUT2D eigenvalue weighted by atomic mass is 16.4. The molecule has 2 aromatic carbocycles. The van der Waals surface area contributed by atoms with Crippen molar-refractivity contribution in [3.63, 3.8) is 0 Å². The zero-order valence-electron chi connectivity index (χ0n) is 14.5. The molecule has 0 bridgehead atoms. The van der Waals surface area contributed by atoms with Crippen molar-refractivity contribution in [1.29, 1.82) is 0 Å². The largest absolute Gasteiger partial charge is 0.423 e. The Morgan fingerprint density at radius 1 is 1.12 bits per heavy atom. The number of rotatable bonds is 4. The van der Waals surface area contributed by atoms with Gasteiger partial charge in [-0.3, -0.25) is 0 Å². The summed E-state index contributed by atoms with van der Waals surface area (Å²) < 4.78 is 7.04. The molecule has 4 rings (SSSR count). The predicted octanol–water partition coefficient (Wildman–Crippen LogP) is 2.71. The third-order valence-corrected chi connectivity index (χ3v) is 4.29. The van der Waals surface area contributed by atoms with E-state index in [9.17, 15) is 4.79 Å². The van der Waals surface area contributed by atoms with Crippen LogP contribution in [-0.2, 0) is 6.54 Å². The van der Waals surface area contributed by atoms with E-state index < -0.39 is 0 Å². The summed E-state index contributed by atoms with van der Waals surface area (Å²) in [5.74, 6) is 0.712. The lowest BCUT2D eigenvalue weighted by Gasteiger charge is -2.19. The second kappa shape index (κ2) is 6.44. The van der Waals surface area contributed by atoms with Crippen LogP contribution in [0, 0.1) is 6.92 Å². The minimum absolute atomic E-state index is 0.345. The van der Waals surface area contributed by atoms with Crippen LogP contribution in [0.1, 0.15) is 11.4 Å². The highest BCUT2D eigenvalue weighted by Gasteiger charge is 2.12. The molecule has 0 radical (unpaired) electrons. The number of para-hydroxylation sites is 1. The fraction of sp³-hybridized carbons (Fsp3) is 0.158. The zero-order valence-corrected chi connectivity index (χ0v) is 14.5. The lowest BCUT2D eigenvalue weighted by atomic mass is 10.1. The lowest BCUT2D eigenvalue weighted by Crippen LogP contribution is -2.19. The molecule has 0 saturated carbocycles. The van der Waals surface area contributed by atoms with Crippen LogP contribution in [-0.4, -0.2) is 27.3 Å². The molecular formula is C19H17N5O2. The van der Waals surface area contributed by atoms with Gasteiger partial charge in [-0.1, -0.05) is 18.2 Å².